The molecule has 0 bridgehead atoms. The lowest BCUT2D eigenvalue weighted by atomic mass is 9.93. The predicted octanol–water partition coefficient (Wildman–Crippen LogP) is 1.97. The molecule has 0 spiro atoms. The number of carbonyl (C=O) groups is 1. The Morgan fingerprint density at radius 2 is 2.15 bits per heavy atom. The zero-order valence-electron chi connectivity index (χ0n) is 12.0. The molecule has 0 saturated carbocycles. The van der Waals surface area contributed by atoms with E-state index in [4.69, 9.17) is 4.74 Å². The van der Waals surface area contributed by atoms with Gasteiger partial charge in [-0.25, -0.2) is 0 Å². The molecule has 2 heterocycles. The Balaban J connectivity index is 1.90. The lowest BCUT2D eigenvalue weighted by Crippen LogP contribution is -2.43. The number of anilines is 1. The van der Waals surface area contributed by atoms with Gasteiger partial charge >= 0.3 is 0 Å². The number of piperidine rings is 1. The number of nitrogens with zero attached hydrogens (tertiary/aromatic N) is 1. The van der Waals surface area contributed by atoms with Gasteiger partial charge in [-0.2, -0.15) is 0 Å². The number of nitrogens with one attached hydrogen (secondary N) is 1. The van der Waals surface area contributed by atoms with Crippen LogP contribution in [-0.2, 0) is 11.2 Å². The Bertz CT molecular complexity index is 481. The van der Waals surface area contributed by atoms with E-state index in [1.54, 1.807) is 7.11 Å². The largest absolute Gasteiger partial charge is 0.495 e. The summed E-state index contributed by atoms with van der Waals surface area (Å²) in [6.45, 7) is 2.71. The smallest absolute Gasteiger partial charge is 0.230 e. The van der Waals surface area contributed by atoms with E-state index in [9.17, 15) is 4.79 Å². The van der Waals surface area contributed by atoms with Crippen molar-refractivity contribution in [2.75, 3.05) is 31.6 Å². The summed E-state index contributed by atoms with van der Waals surface area (Å²) in [5.74, 6) is 1.26. The highest BCUT2D eigenvalue weighted by Gasteiger charge is 2.31. The van der Waals surface area contributed by atoms with E-state index in [-0.39, 0.29) is 11.8 Å². The van der Waals surface area contributed by atoms with Gasteiger partial charge in [-0.15, -0.1) is 0 Å². The highest BCUT2D eigenvalue weighted by molar-refractivity contribution is 5.97. The van der Waals surface area contributed by atoms with Crippen LogP contribution in [0.1, 0.15) is 24.8 Å². The average Bonchev–Trinajstić information content (AvgIpc) is 2.53. The van der Waals surface area contributed by atoms with Crippen molar-refractivity contribution < 1.29 is 9.53 Å². The van der Waals surface area contributed by atoms with Crippen LogP contribution in [0, 0.1) is 5.92 Å². The number of hydrogen-bond acceptors (Lipinski definition) is 3. The number of amides is 1. The standard InChI is InChI=1S/C16H22N2O2/c1-20-14-6-2-4-12-5-3-11-18(15(12)14)16(19)13-7-9-17-10-8-13/h2,4,6,13,17H,3,5,7-11H2,1H3. The SMILES string of the molecule is COc1cccc2c1N(C(=O)C1CCNCC1)CCC2. The van der Waals surface area contributed by atoms with Crippen molar-refractivity contribution in [3.05, 3.63) is 23.8 Å². The summed E-state index contributed by atoms with van der Waals surface area (Å²) in [5, 5.41) is 3.32. The van der Waals surface area contributed by atoms with Crippen molar-refractivity contribution in [3.8, 4) is 5.75 Å². The highest BCUT2D eigenvalue weighted by Crippen LogP contribution is 2.37. The Labute approximate surface area is 120 Å². The van der Waals surface area contributed by atoms with Gasteiger partial charge in [0, 0.05) is 12.5 Å². The first-order chi connectivity index (χ1) is 9.81. The van der Waals surface area contributed by atoms with E-state index >= 15 is 0 Å². The van der Waals surface area contributed by atoms with Gasteiger partial charge in [0.05, 0.1) is 12.8 Å². The number of benzene rings is 1. The number of fused-ring (bicyclic) bond motifs is 1. The summed E-state index contributed by atoms with van der Waals surface area (Å²) in [4.78, 5) is 14.8. The molecule has 1 amide bonds. The molecule has 4 nitrogen and oxygen atoms in total. The fraction of sp³-hybridized carbons (Fsp3) is 0.562. The fourth-order valence-electron chi connectivity index (χ4n) is 3.29. The van der Waals surface area contributed by atoms with Crippen molar-refractivity contribution in [1.29, 1.82) is 0 Å². The molecule has 0 atom stereocenters. The first-order valence-corrected chi connectivity index (χ1v) is 7.49. The van der Waals surface area contributed by atoms with Crippen molar-refractivity contribution >= 4 is 11.6 Å². The lowest BCUT2D eigenvalue weighted by Gasteiger charge is -2.34. The number of ether oxygens (including phenoxy) is 1. The van der Waals surface area contributed by atoms with Gasteiger partial charge in [0.15, 0.2) is 0 Å². The number of hydrogen-bond donors (Lipinski definition) is 1. The van der Waals surface area contributed by atoms with Crippen LogP contribution in [0.25, 0.3) is 0 Å². The van der Waals surface area contributed by atoms with Crippen LogP contribution >= 0.6 is 0 Å². The van der Waals surface area contributed by atoms with Gasteiger partial charge in [0.1, 0.15) is 5.75 Å². The average molecular weight is 274 g/mol. The molecule has 0 radical (unpaired) electrons. The minimum atomic E-state index is 0.159. The molecule has 0 aliphatic carbocycles. The third-order valence-corrected chi connectivity index (χ3v) is 4.35. The maximum Gasteiger partial charge on any atom is 0.230 e. The molecule has 0 unspecified atom stereocenters. The van der Waals surface area contributed by atoms with E-state index in [0.717, 1.165) is 56.8 Å². The first-order valence-electron chi connectivity index (χ1n) is 7.49. The predicted molar refractivity (Wildman–Crippen MR) is 79.3 cm³/mol. The number of carbonyl (C=O) groups excluding carboxylic acids is 1. The van der Waals surface area contributed by atoms with Crippen LogP contribution in [-0.4, -0.2) is 32.7 Å². The molecular formula is C16H22N2O2. The van der Waals surface area contributed by atoms with Gasteiger partial charge in [-0.05, 0) is 50.4 Å². The quantitative estimate of drug-likeness (QED) is 0.896. The van der Waals surface area contributed by atoms with Crippen LogP contribution in [0.5, 0.6) is 5.75 Å². The van der Waals surface area contributed by atoms with Gasteiger partial charge < -0.3 is 15.0 Å². The van der Waals surface area contributed by atoms with E-state index in [2.05, 4.69) is 11.4 Å². The maximum atomic E-state index is 12.8. The second-order valence-electron chi connectivity index (χ2n) is 5.59. The van der Waals surface area contributed by atoms with E-state index in [0.29, 0.717) is 0 Å². The summed E-state index contributed by atoms with van der Waals surface area (Å²) in [6, 6.07) is 6.07. The fourth-order valence-corrected chi connectivity index (χ4v) is 3.29. The molecule has 20 heavy (non-hydrogen) atoms. The van der Waals surface area contributed by atoms with Gasteiger partial charge in [-0.1, -0.05) is 12.1 Å². The highest BCUT2D eigenvalue weighted by atomic mass is 16.5. The van der Waals surface area contributed by atoms with Crippen molar-refractivity contribution in [2.45, 2.75) is 25.7 Å². The summed E-state index contributed by atoms with van der Waals surface area (Å²) >= 11 is 0. The number of aryl methyl sites for hydroxylation is 1. The molecule has 1 N–H and O–H groups in total. The molecule has 1 saturated heterocycles. The molecule has 1 aromatic rings. The Kier molecular flexibility index (Phi) is 3.92. The van der Waals surface area contributed by atoms with Crippen LogP contribution in [0.4, 0.5) is 5.69 Å². The monoisotopic (exact) mass is 274 g/mol. The first kappa shape index (κ1) is 13.4. The Morgan fingerprint density at radius 3 is 2.90 bits per heavy atom. The topological polar surface area (TPSA) is 41.6 Å². The zero-order chi connectivity index (χ0) is 13.9. The normalized spacial score (nSPS) is 19.6. The van der Waals surface area contributed by atoms with Crippen LogP contribution in [0.15, 0.2) is 18.2 Å². The second kappa shape index (κ2) is 5.83. The van der Waals surface area contributed by atoms with Gasteiger partial charge in [0.25, 0.3) is 0 Å². The van der Waals surface area contributed by atoms with Crippen LogP contribution in [0.2, 0.25) is 0 Å². The van der Waals surface area contributed by atoms with E-state index < -0.39 is 0 Å². The number of rotatable bonds is 2. The number of para-hydroxylation sites is 1. The molecule has 1 aromatic carbocycles. The summed E-state index contributed by atoms with van der Waals surface area (Å²) in [7, 11) is 1.68. The third kappa shape index (κ3) is 2.40. The Morgan fingerprint density at radius 1 is 1.35 bits per heavy atom. The molecular weight excluding hydrogens is 252 g/mol. The minimum Gasteiger partial charge on any atom is -0.495 e. The van der Waals surface area contributed by atoms with E-state index in [1.807, 2.05) is 17.0 Å². The lowest BCUT2D eigenvalue weighted by molar-refractivity contribution is -0.123. The Hall–Kier alpha value is -1.55. The zero-order valence-corrected chi connectivity index (χ0v) is 12.0. The maximum absolute atomic E-state index is 12.8. The van der Waals surface area contributed by atoms with Gasteiger partial charge in [0.2, 0.25) is 5.91 Å². The van der Waals surface area contributed by atoms with Crippen molar-refractivity contribution in [3.63, 3.8) is 0 Å². The minimum absolute atomic E-state index is 0.159. The molecule has 2 aliphatic rings. The molecule has 4 heteroatoms. The molecule has 2 aliphatic heterocycles. The summed E-state index contributed by atoms with van der Waals surface area (Å²) in [5.41, 5.74) is 2.24. The third-order valence-electron chi connectivity index (χ3n) is 4.35. The van der Waals surface area contributed by atoms with E-state index in [1.165, 1.54) is 5.56 Å². The van der Waals surface area contributed by atoms with Gasteiger partial charge in [-0.3, -0.25) is 4.79 Å². The second-order valence-corrected chi connectivity index (χ2v) is 5.59. The molecule has 0 aromatic heterocycles. The van der Waals surface area contributed by atoms with Crippen molar-refractivity contribution in [1.82, 2.24) is 5.32 Å². The molecule has 3 rings (SSSR count). The molecule has 108 valence electrons. The number of methoxy groups -OCH3 is 1. The molecule has 1 fully saturated rings. The van der Waals surface area contributed by atoms with Crippen LogP contribution < -0.4 is 15.0 Å². The van der Waals surface area contributed by atoms with Crippen LogP contribution in [0.3, 0.4) is 0 Å². The van der Waals surface area contributed by atoms with Crippen molar-refractivity contribution in [2.24, 2.45) is 5.92 Å². The summed E-state index contributed by atoms with van der Waals surface area (Å²) < 4.78 is 5.47. The summed E-state index contributed by atoms with van der Waals surface area (Å²) in [6.07, 6.45) is 3.96.